The van der Waals surface area contributed by atoms with Crippen LogP contribution in [0.25, 0.3) is 0 Å². The number of carbonyl (C=O) groups is 2. The van der Waals surface area contributed by atoms with Crippen LogP contribution in [0.4, 0.5) is 11.4 Å². The monoisotopic (exact) mass is 354 g/mol. The summed E-state index contributed by atoms with van der Waals surface area (Å²) < 4.78 is 0. The minimum Gasteiger partial charge on any atom is -0.378 e. The molecule has 0 saturated carbocycles. The molecule has 0 aliphatic carbocycles. The van der Waals surface area contributed by atoms with Gasteiger partial charge in [0.25, 0.3) is 5.91 Å². The molecule has 1 amide bonds. The summed E-state index contributed by atoms with van der Waals surface area (Å²) in [5, 5.41) is 2.89. The van der Waals surface area contributed by atoms with Gasteiger partial charge in [0.15, 0.2) is 12.3 Å². The number of Topliss-reactive ketones (excluding diaryl/α,β-unsaturated/α-hetero) is 1. The van der Waals surface area contributed by atoms with E-state index in [1.54, 1.807) is 24.3 Å². The van der Waals surface area contributed by atoms with Crippen LogP contribution in [0, 0.1) is 0 Å². The third-order valence-electron chi connectivity index (χ3n) is 4.37. The first-order chi connectivity index (χ1) is 12.4. The minimum absolute atomic E-state index is 0.0110. The number of carbonyl (C=O) groups excluding carboxylic acids is 2. The number of nitrogens with zero attached hydrogens (tertiary/aromatic N) is 1. The van der Waals surface area contributed by atoms with Crippen LogP contribution in [0.15, 0.2) is 48.5 Å². The van der Waals surface area contributed by atoms with E-state index < -0.39 is 0 Å². The predicted molar refractivity (Wildman–Crippen MR) is 106 cm³/mol. The van der Waals surface area contributed by atoms with E-state index in [1.165, 1.54) is 17.4 Å². The minimum atomic E-state index is -0.0486. The van der Waals surface area contributed by atoms with Crippen LogP contribution < -0.4 is 15.1 Å². The lowest BCUT2D eigenvalue weighted by molar-refractivity contribution is -0.903. The van der Waals surface area contributed by atoms with E-state index in [9.17, 15) is 9.59 Å². The molecule has 0 spiro atoms. The van der Waals surface area contributed by atoms with Gasteiger partial charge in [-0.05, 0) is 38.1 Å². The number of hydrogen-bond acceptors (Lipinski definition) is 3. The number of likely N-dealkylation sites (N-methyl/N-ethyl adjacent to an activating group) is 1. The fourth-order valence-corrected chi connectivity index (χ4v) is 2.76. The van der Waals surface area contributed by atoms with Gasteiger partial charge in [-0.3, -0.25) is 9.59 Å². The Morgan fingerprint density at radius 2 is 1.77 bits per heavy atom. The molecule has 2 N–H and O–H groups in total. The topological polar surface area (TPSA) is 53.9 Å². The van der Waals surface area contributed by atoms with E-state index in [0.717, 1.165) is 18.8 Å². The second-order valence-corrected chi connectivity index (χ2v) is 6.70. The lowest BCUT2D eigenvalue weighted by Crippen LogP contribution is -3.11. The van der Waals surface area contributed by atoms with Crippen molar-refractivity contribution >= 4 is 23.1 Å². The molecule has 5 nitrogen and oxygen atoms in total. The second kappa shape index (κ2) is 9.15. The van der Waals surface area contributed by atoms with Gasteiger partial charge in [0.1, 0.15) is 6.54 Å². The Kier molecular flexibility index (Phi) is 6.92. The number of ketones is 1. The zero-order valence-electron chi connectivity index (χ0n) is 16.0. The zero-order chi connectivity index (χ0) is 19.1. The molecular formula is C21H28N3O2+. The van der Waals surface area contributed by atoms with Crippen molar-refractivity contribution in [1.29, 1.82) is 0 Å². The number of anilines is 2. The van der Waals surface area contributed by atoms with Crippen LogP contribution in [0.5, 0.6) is 0 Å². The molecule has 138 valence electrons. The summed E-state index contributed by atoms with van der Waals surface area (Å²) in [6.07, 6.45) is 0. The fraction of sp³-hybridized carbons (Fsp3) is 0.333. The number of nitrogens with one attached hydrogen (secondary N) is 2. The predicted octanol–water partition coefficient (Wildman–Crippen LogP) is 2.00. The molecule has 5 heteroatoms. The smallest absolute Gasteiger partial charge is 0.279 e. The van der Waals surface area contributed by atoms with Crippen molar-refractivity contribution in [3.63, 3.8) is 0 Å². The van der Waals surface area contributed by atoms with E-state index in [2.05, 4.69) is 41.4 Å². The number of quaternary nitrogens is 1. The molecular weight excluding hydrogens is 326 g/mol. The Balaban J connectivity index is 1.95. The lowest BCUT2D eigenvalue weighted by atomic mass is 10.1. The van der Waals surface area contributed by atoms with Crippen molar-refractivity contribution in [3.8, 4) is 0 Å². The van der Waals surface area contributed by atoms with E-state index in [1.807, 2.05) is 14.1 Å². The van der Waals surface area contributed by atoms with Crippen LogP contribution in [0.2, 0.25) is 0 Å². The summed E-state index contributed by atoms with van der Waals surface area (Å²) in [4.78, 5) is 27.1. The normalized spacial score (nSPS) is 11.7. The van der Waals surface area contributed by atoms with E-state index in [0.29, 0.717) is 17.8 Å². The zero-order valence-corrected chi connectivity index (χ0v) is 16.0. The van der Waals surface area contributed by atoms with Gasteiger partial charge in [-0.1, -0.05) is 24.3 Å². The van der Waals surface area contributed by atoms with Gasteiger partial charge < -0.3 is 15.1 Å². The highest BCUT2D eigenvalue weighted by atomic mass is 16.2. The first-order valence-electron chi connectivity index (χ1n) is 8.89. The van der Waals surface area contributed by atoms with Crippen LogP contribution >= 0.6 is 0 Å². The summed E-state index contributed by atoms with van der Waals surface area (Å²) in [7, 11) is 4.04. The van der Waals surface area contributed by atoms with Crippen LogP contribution in [-0.2, 0) is 11.3 Å². The van der Waals surface area contributed by atoms with Crippen molar-refractivity contribution in [2.24, 2.45) is 0 Å². The van der Waals surface area contributed by atoms with Gasteiger partial charge in [0.05, 0.1) is 6.54 Å². The maximum Gasteiger partial charge on any atom is 0.279 e. The fourth-order valence-electron chi connectivity index (χ4n) is 2.76. The quantitative estimate of drug-likeness (QED) is 0.713. The SMILES string of the molecule is CC[NH+](CC(=O)Nc1cccc(C(C)=O)c1)Cc1ccc(N(C)C)cc1. The molecule has 2 rings (SSSR count). The van der Waals surface area contributed by atoms with Crippen LogP contribution in [0.1, 0.15) is 29.8 Å². The summed E-state index contributed by atoms with van der Waals surface area (Å²) in [5.74, 6) is -0.0597. The van der Waals surface area contributed by atoms with E-state index in [4.69, 9.17) is 0 Å². The number of amides is 1. The van der Waals surface area contributed by atoms with E-state index >= 15 is 0 Å². The van der Waals surface area contributed by atoms with Gasteiger partial charge in [-0.25, -0.2) is 0 Å². The first-order valence-corrected chi connectivity index (χ1v) is 8.89. The Hall–Kier alpha value is -2.66. The summed E-state index contributed by atoms with van der Waals surface area (Å²) in [6, 6.07) is 15.5. The van der Waals surface area contributed by atoms with E-state index in [-0.39, 0.29) is 11.7 Å². The molecule has 0 radical (unpaired) electrons. The number of rotatable bonds is 8. The third-order valence-corrected chi connectivity index (χ3v) is 4.37. The second-order valence-electron chi connectivity index (χ2n) is 6.70. The van der Waals surface area contributed by atoms with Gasteiger partial charge in [0, 0.05) is 36.6 Å². The Bertz CT molecular complexity index is 754. The van der Waals surface area contributed by atoms with Crippen molar-refractivity contribution in [3.05, 3.63) is 59.7 Å². The Labute approximate surface area is 155 Å². The Morgan fingerprint density at radius 3 is 2.35 bits per heavy atom. The highest BCUT2D eigenvalue weighted by Crippen LogP contribution is 2.12. The summed E-state index contributed by atoms with van der Waals surface area (Å²) in [5.41, 5.74) is 3.63. The standard InChI is InChI=1S/C21H27N3O2/c1-5-24(14-17-9-11-20(12-10-17)23(3)4)15-21(26)22-19-8-6-7-18(13-19)16(2)25/h6-13H,5,14-15H2,1-4H3,(H,22,26)/p+1. The van der Waals surface area contributed by atoms with Crippen LogP contribution in [-0.4, -0.2) is 38.9 Å². The molecule has 2 aromatic carbocycles. The highest BCUT2D eigenvalue weighted by Gasteiger charge is 2.14. The van der Waals surface area contributed by atoms with Gasteiger partial charge in [0.2, 0.25) is 0 Å². The van der Waals surface area contributed by atoms with Gasteiger partial charge >= 0.3 is 0 Å². The first kappa shape index (κ1) is 19.7. The molecule has 0 saturated heterocycles. The Morgan fingerprint density at radius 1 is 1.08 bits per heavy atom. The van der Waals surface area contributed by atoms with Crippen molar-refractivity contribution < 1.29 is 14.5 Å². The summed E-state index contributed by atoms with van der Waals surface area (Å²) >= 11 is 0. The molecule has 1 unspecified atom stereocenters. The number of benzene rings is 2. The largest absolute Gasteiger partial charge is 0.378 e. The van der Waals surface area contributed by atoms with Gasteiger partial charge in [-0.2, -0.15) is 0 Å². The molecule has 0 aliphatic rings. The maximum atomic E-state index is 12.4. The molecule has 26 heavy (non-hydrogen) atoms. The van der Waals surface area contributed by atoms with Crippen molar-refractivity contribution in [2.45, 2.75) is 20.4 Å². The lowest BCUT2D eigenvalue weighted by Gasteiger charge is -2.18. The highest BCUT2D eigenvalue weighted by molar-refractivity contribution is 5.97. The third kappa shape index (κ3) is 5.70. The molecule has 1 atom stereocenters. The molecule has 0 bridgehead atoms. The molecule has 2 aromatic rings. The molecule has 0 aliphatic heterocycles. The van der Waals surface area contributed by atoms with Crippen molar-refractivity contribution in [2.75, 3.05) is 37.4 Å². The number of hydrogen-bond donors (Lipinski definition) is 2. The average molecular weight is 354 g/mol. The molecule has 0 fully saturated rings. The average Bonchev–Trinajstić information content (AvgIpc) is 2.61. The van der Waals surface area contributed by atoms with Crippen LogP contribution in [0.3, 0.4) is 0 Å². The van der Waals surface area contributed by atoms with Crippen molar-refractivity contribution in [1.82, 2.24) is 0 Å². The maximum absolute atomic E-state index is 12.4. The van der Waals surface area contributed by atoms with Gasteiger partial charge in [-0.15, -0.1) is 0 Å². The molecule has 0 aromatic heterocycles. The molecule has 0 heterocycles. The summed E-state index contributed by atoms with van der Waals surface area (Å²) in [6.45, 7) is 5.64.